The zero-order valence-electron chi connectivity index (χ0n) is 11.6. The van der Waals surface area contributed by atoms with E-state index < -0.39 is 5.54 Å². The Kier molecular flexibility index (Phi) is 3.30. The van der Waals surface area contributed by atoms with Gasteiger partial charge in [-0.2, -0.15) is 0 Å². The lowest BCUT2D eigenvalue weighted by Gasteiger charge is -2.35. The largest absolute Gasteiger partial charge is 0.454 e. The van der Waals surface area contributed by atoms with Gasteiger partial charge in [0.1, 0.15) is 0 Å². The number of hydrogen-bond acceptors (Lipinski definition) is 4. The molecule has 2 unspecified atom stereocenters. The molecule has 0 aromatic heterocycles. The zero-order valence-corrected chi connectivity index (χ0v) is 11.6. The van der Waals surface area contributed by atoms with Crippen molar-refractivity contribution in [3.8, 4) is 11.5 Å². The van der Waals surface area contributed by atoms with Gasteiger partial charge in [0, 0.05) is 11.8 Å². The van der Waals surface area contributed by atoms with Crippen molar-refractivity contribution in [2.45, 2.75) is 38.1 Å². The van der Waals surface area contributed by atoms with E-state index in [0.29, 0.717) is 23.1 Å². The summed E-state index contributed by atoms with van der Waals surface area (Å²) >= 11 is 0. The second-order valence-electron chi connectivity index (χ2n) is 5.88. The van der Waals surface area contributed by atoms with Crippen LogP contribution >= 0.6 is 0 Å². The summed E-state index contributed by atoms with van der Waals surface area (Å²) in [7, 11) is 0. The molecule has 1 heterocycles. The first kappa shape index (κ1) is 13.2. The number of amides is 1. The van der Waals surface area contributed by atoms with Crippen LogP contribution in [-0.4, -0.2) is 18.2 Å². The smallest absolute Gasteiger partial charge is 0.244 e. The fourth-order valence-electron chi connectivity index (χ4n) is 3.03. The molecule has 1 aromatic rings. The van der Waals surface area contributed by atoms with Crippen molar-refractivity contribution in [3.05, 3.63) is 18.2 Å². The average molecular weight is 276 g/mol. The number of anilines is 1. The van der Waals surface area contributed by atoms with Crippen LogP contribution in [0, 0.1) is 5.92 Å². The highest BCUT2D eigenvalue weighted by atomic mass is 16.7. The molecule has 0 bridgehead atoms. The Hall–Kier alpha value is -1.75. The van der Waals surface area contributed by atoms with E-state index in [2.05, 4.69) is 12.2 Å². The van der Waals surface area contributed by atoms with Gasteiger partial charge < -0.3 is 20.5 Å². The summed E-state index contributed by atoms with van der Waals surface area (Å²) < 4.78 is 10.6. The van der Waals surface area contributed by atoms with Crippen LogP contribution in [0.1, 0.15) is 32.6 Å². The first-order valence-corrected chi connectivity index (χ1v) is 7.07. The van der Waals surface area contributed by atoms with Crippen molar-refractivity contribution >= 4 is 11.6 Å². The predicted molar refractivity (Wildman–Crippen MR) is 75.7 cm³/mol. The molecular formula is C15H20N2O3. The lowest BCUT2D eigenvalue weighted by Crippen LogP contribution is -2.53. The molecule has 20 heavy (non-hydrogen) atoms. The van der Waals surface area contributed by atoms with Crippen molar-refractivity contribution in [1.82, 2.24) is 0 Å². The molecule has 2 aliphatic rings. The molecule has 0 saturated heterocycles. The number of hydrogen-bond donors (Lipinski definition) is 2. The third-order valence-corrected chi connectivity index (χ3v) is 4.12. The Labute approximate surface area is 118 Å². The van der Waals surface area contributed by atoms with Gasteiger partial charge in [-0.25, -0.2) is 0 Å². The van der Waals surface area contributed by atoms with Crippen LogP contribution in [-0.2, 0) is 4.79 Å². The third-order valence-electron chi connectivity index (χ3n) is 4.12. The fourth-order valence-corrected chi connectivity index (χ4v) is 3.03. The number of benzene rings is 1. The summed E-state index contributed by atoms with van der Waals surface area (Å²) in [6.45, 7) is 2.37. The SMILES string of the molecule is CC1CCCC(N)(C(=O)Nc2ccc3c(c2)OCO3)C1. The Morgan fingerprint density at radius 1 is 1.40 bits per heavy atom. The first-order chi connectivity index (χ1) is 9.57. The highest BCUT2D eigenvalue weighted by Gasteiger charge is 2.38. The minimum Gasteiger partial charge on any atom is -0.454 e. The van der Waals surface area contributed by atoms with Crippen LogP contribution in [0.15, 0.2) is 18.2 Å². The molecule has 5 heteroatoms. The van der Waals surface area contributed by atoms with Crippen LogP contribution < -0.4 is 20.5 Å². The van der Waals surface area contributed by atoms with E-state index in [1.54, 1.807) is 18.2 Å². The standard InChI is InChI=1S/C15H20N2O3/c1-10-3-2-6-15(16,8-10)14(18)17-11-4-5-12-13(7-11)20-9-19-12/h4-5,7,10H,2-3,6,8-9,16H2,1H3,(H,17,18). The number of nitrogens with two attached hydrogens (primary N) is 1. The Bertz CT molecular complexity index is 532. The van der Waals surface area contributed by atoms with Gasteiger partial charge in [-0.3, -0.25) is 4.79 Å². The summed E-state index contributed by atoms with van der Waals surface area (Å²) in [5.41, 5.74) is 6.23. The maximum absolute atomic E-state index is 12.4. The summed E-state index contributed by atoms with van der Waals surface area (Å²) in [5, 5.41) is 2.90. The Morgan fingerprint density at radius 2 is 2.20 bits per heavy atom. The number of nitrogens with one attached hydrogen (secondary N) is 1. The lowest BCUT2D eigenvalue weighted by molar-refractivity contribution is -0.122. The molecule has 1 aliphatic heterocycles. The van der Waals surface area contributed by atoms with Gasteiger partial charge in [0.15, 0.2) is 11.5 Å². The van der Waals surface area contributed by atoms with Crippen molar-refractivity contribution in [2.24, 2.45) is 11.7 Å². The summed E-state index contributed by atoms with van der Waals surface area (Å²) in [5.74, 6) is 1.75. The third kappa shape index (κ3) is 2.45. The molecule has 1 saturated carbocycles. The zero-order chi connectivity index (χ0) is 14.2. The van der Waals surface area contributed by atoms with E-state index in [-0.39, 0.29) is 12.7 Å². The molecule has 0 radical (unpaired) electrons. The van der Waals surface area contributed by atoms with Gasteiger partial charge >= 0.3 is 0 Å². The van der Waals surface area contributed by atoms with E-state index in [0.717, 1.165) is 25.7 Å². The fraction of sp³-hybridized carbons (Fsp3) is 0.533. The van der Waals surface area contributed by atoms with E-state index >= 15 is 0 Å². The van der Waals surface area contributed by atoms with E-state index in [1.165, 1.54) is 0 Å². The van der Waals surface area contributed by atoms with Gasteiger partial charge in [-0.05, 0) is 30.9 Å². The van der Waals surface area contributed by atoms with E-state index in [9.17, 15) is 4.79 Å². The van der Waals surface area contributed by atoms with Gasteiger partial charge in [-0.1, -0.05) is 19.8 Å². The highest BCUT2D eigenvalue weighted by Crippen LogP contribution is 2.35. The van der Waals surface area contributed by atoms with E-state index in [1.807, 2.05) is 0 Å². The van der Waals surface area contributed by atoms with E-state index in [4.69, 9.17) is 15.2 Å². The molecule has 1 amide bonds. The molecule has 1 aromatic carbocycles. The number of rotatable bonds is 2. The van der Waals surface area contributed by atoms with Gasteiger partial charge in [-0.15, -0.1) is 0 Å². The average Bonchev–Trinajstić information content (AvgIpc) is 2.85. The van der Waals surface area contributed by atoms with Crippen LogP contribution in [0.4, 0.5) is 5.69 Å². The maximum atomic E-state index is 12.4. The second kappa shape index (κ2) is 4.98. The normalized spacial score (nSPS) is 28.2. The molecule has 108 valence electrons. The minimum absolute atomic E-state index is 0.108. The molecule has 3 N–H and O–H groups in total. The van der Waals surface area contributed by atoms with Crippen molar-refractivity contribution in [3.63, 3.8) is 0 Å². The topological polar surface area (TPSA) is 73.6 Å². The number of fused-ring (bicyclic) bond motifs is 1. The number of ether oxygens (including phenoxy) is 2. The van der Waals surface area contributed by atoms with Gasteiger partial charge in [0.2, 0.25) is 12.7 Å². The number of carbonyl (C=O) groups is 1. The van der Waals surface area contributed by atoms with Gasteiger partial charge in [0.25, 0.3) is 0 Å². The van der Waals surface area contributed by atoms with Crippen LogP contribution in [0.2, 0.25) is 0 Å². The highest BCUT2D eigenvalue weighted by molar-refractivity contribution is 5.98. The molecule has 0 spiro atoms. The summed E-state index contributed by atoms with van der Waals surface area (Å²) in [4.78, 5) is 12.4. The van der Waals surface area contributed by atoms with Crippen LogP contribution in [0.25, 0.3) is 0 Å². The van der Waals surface area contributed by atoms with Crippen LogP contribution in [0.5, 0.6) is 11.5 Å². The van der Waals surface area contributed by atoms with Crippen molar-refractivity contribution in [1.29, 1.82) is 0 Å². The molecule has 3 rings (SSSR count). The molecule has 1 aliphatic carbocycles. The van der Waals surface area contributed by atoms with Crippen molar-refractivity contribution < 1.29 is 14.3 Å². The predicted octanol–water partition coefficient (Wildman–Crippen LogP) is 2.26. The molecule has 1 fully saturated rings. The summed E-state index contributed by atoms with van der Waals surface area (Å²) in [6.07, 6.45) is 3.64. The van der Waals surface area contributed by atoms with Gasteiger partial charge in [0.05, 0.1) is 5.54 Å². The monoisotopic (exact) mass is 276 g/mol. The Morgan fingerprint density at radius 3 is 3.00 bits per heavy atom. The minimum atomic E-state index is -0.756. The number of carbonyl (C=O) groups excluding carboxylic acids is 1. The first-order valence-electron chi connectivity index (χ1n) is 7.07. The quantitative estimate of drug-likeness (QED) is 0.869. The second-order valence-corrected chi connectivity index (χ2v) is 5.88. The molecular weight excluding hydrogens is 256 g/mol. The van der Waals surface area contributed by atoms with Crippen molar-refractivity contribution in [2.75, 3.05) is 12.1 Å². The van der Waals surface area contributed by atoms with Crippen LogP contribution in [0.3, 0.4) is 0 Å². The molecule has 5 nitrogen and oxygen atoms in total. The molecule has 2 atom stereocenters. The summed E-state index contributed by atoms with van der Waals surface area (Å²) in [6, 6.07) is 5.38. The lowest BCUT2D eigenvalue weighted by atomic mass is 9.76. The maximum Gasteiger partial charge on any atom is 0.244 e. The Balaban J connectivity index is 1.72.